The van der Waals surface area contributed by atoms with Gasteiger partial charge in [-0.3, -0.25) is 0 Å². The number of ether oxygens (including phenoxy) is 2. The van der Waals surface area contributed by atoms with E-state index in [0.29, 0.717) is 63.7 Å². The molecule has 1 saturated carbocycles. The van der Waals surface area contributed by atoms with E-state index in [4.69, 9.17) is 21.1 Å². The maximum Gasteiger partial charge on any atom is 0.317 e. The fourth-order valence-corrected chi connectivity index (χ4v) is 5.79. The van der Waals surface area contributed by atoms with Gasteiger partial charge in [-0.15, -0.1) is 0 Å². The van der Waals surface area contributed by atoms with Crippen molar-refractivity contribution in [2.75, 3.05) is 46.5 Å². The minimum Gasteiger partial charge on any atom is -0.382 e. The van der Waals surface area contributed by atoms with Crippen molar-refractivity contribution in [3.8, 4) is 0 Å². The number of carbonyl (C=O) groups excluding carboxylic acids is 1. The summed E-state index contributed by atoms with van der Waals surface area (Å²) >= 11 is 6.29. The third-order valence-corrected chi connectivity index (χ3v) is 7.75. The fourth-order valence-electron chi connectivity index (χ4n) is 5.59. The quantitative estimate of drug-likeness (QED) is 0.297. The van der Waals surface area contributed by atoms with Crippen molar-refractivity contribution in [2.45, 2.75) is 76.4 Å². The number of alkyl halides is 2. The van der Waals surface area contributed by atoms with Gasteiger partial charge in [-0.25, -0.2) is 13.6 Å². The summed E-state index contributed by atoms with van der Waals surface area (Å²) in [7, 11) is 1.85. The Hall–Kier alpha value is -1.48. The minimum atomic E-state index is -2.54. The summed E-state index contributed by atoms with van der Waals surface area (Å²) in [6, 6.07) is 7.59. The Balaban J connectivity index is 1.60. The summed E-state index contributed by atoms with van der Waals surface area (Å²) in [5.41, 5.74) is 1.03. The highest BCUT2D eigenvalue weighted by molar-refractivity contribution is 6.30. The van der Waals surface area contributed by atoms with Crippen LogP contribution in [-0.2, 0) is 9.47 Å². The number of halogens is 3. The van der Waals surface area contributed by atoms with Crippen molar-refractivity contribution in [3.63, 3.8) is 0 Å². The first-order valence-electron chi connectivity index (χ1n) is 13.8. The molecule has 1 aliphatic heterocycles. The molecule has 1 heterocycles. The van der Waals surface area contributed by atoms with E-state index in [0.717, 1.165) is 24.8 Å². The Kier molecular flexibility index (Phi) is 12.3. The smallest absolute Gasteiger partial charge is 0.317 e. The zero-order valence-electron chi connectivity index (χ0n) is 22.3. The highest BCUT2D eigenvalue weighted by Gasteiger charge is 2.36. The molecule has 210 valence electrons. The van der Waals surface area contributed by atoms with Crippen LogP contribution in [0.25, 0.3) is 0 Å². The van der Waals surface area contributed by atoms with E-state index >= 15 is 0 Å². The van der Waals surface area contributed by atoms with E-state index < -0.39 is 5.92 Å². The molecule has 2 amide bonds. The molecule has 37 heavy (non-hydrogen) atoms. The van der Waals surface area contributed by atoms with Gasteiger partial charge in [0.05, 0.1) is 6.10 Å². The van der Waals surface area contributed by atoms with Gasteiger partial charge in [0.1, 0.15) is 0 Å². The van der Waals surface area contributed by atoms with Crippen LogP contribution in [0.3, 0.4) is 0 Å². The molecule has 0 aromatic heterocycles. The third kappa shape index (κ3) is 9.97. The number of piperidine rings is 1. The molecule has 1 aromatic rings. The van der Waals surface area contributed by atoms with Gasteiger partial charge in [0, 0.05) is 69.3 Å². The van der Waals surface area contributed by atoms with Crippen molar-refractivity contribution < 1.29 is 23.0 Å². The van der Waals surface area contributed by atoms with Gasteiger partial charge in [-0.1, -0.05) is 23.7 Å². The van der Waals surface area contributed by atoms with Gasteiger partial charge < -0.3 is 25.0 Å². The Morgan fingerprint density at radius 3 is 2.73 bits per heavy atom. The number of carbonyl (C=O) groups is 1. The van der Waals surface area contributed by atoms with Gasteiger partial charge in [-0.2, -0.15) is 0 Å². The maximum atomic E-state index is 13.6. The van der Waals surface area contributed by atoms with Gasteiger partial charge in [0.25, 0.3) is 0 Å². The number of amides is 2. The molecule has 2 aliphatic rings. The first kappa shape index (κ1) is 30.1. The Morgan fingerprint density at radius 1 is 1.24 bits per heavy atom. The average Bonchev–Trinajstić information content (AvgIpc) is 2.87. The number of nitrogens with one attached hydrogen (secondary N) is 2. The van der Waals surface area contributed by atoms with E-state index in [-0.39, 0.29) is 42.9 Å². The third-order valence-electron chi connectivity index (χ3n) is 7.52. The molecule has 0 spiro atoms. The first-order valence-corrected chi connectivity index (χ1v) is 14.2. The minimum absolute atomic E-state index is 0.0544. The molecule has 1 aromatic carbocycles. The second-order valence-corrected chi connectivity index (χ2v) is 10.9. The molecule has 3 atom stereocenters. The number of likely N-dealkylation sites (N-methyl/N-ethyl adjacent to an activating group) is 1. The van der Waals surface area contributed by atoms with Gasteiger partial charge in [0.2, 0.25) is 5.92 Å². The lowest BCUT2D eigenvalue weighted by Gasteiger charge is -2.38. The second kappa shape index (κ2) is 15.2. The Labute approximate surface area is 225 Å². The second-order valence-electron chi connectivity index (χ2n) is 10.5. The number of benzene rings is 1. The molecule has 3 rings (SSSR count). The van der Waals surface area contributed by atoms with Crippen LogP contribution in [0.1, 0.15) is 70.0 Å². The predicted molar refractivity (Wildman–Crippen MR) is 143 cm³/mol. The molecule has 1 aliphatic carbocycles. The zero-order valence-corrected chi connectivity index (χ0v) is 23.1. The van der Waals surface area contributed by atoms with E-state index in [1.54, 1.807) is 0 Å². The summed E-state index contributed by atoms with van der Waals surface area (Å²) in [6.07, 6.45) is 4.13. The maximum absolute atomic E-state index is 13.6. The summed E-state index contributed by atoms with van der Waals surface area (Å²) in [6.45, 7) is 5.80. The van der Waals surface area contributed by atoms with Crippen LogP contribution >= 0.6 is 11.6 Å². The summed E-state index contributed by atoms with van der Waals surface area (Å²) in [5.74, 6) is -2.18. The van der Waals surface area contributed by atoms with E-state index in [9.17, 15) is 13.6 Å². The summed E-state index contributed by atoms with van der Waals surface area (Å²) < 4.78 is 39.0. The number of likely N-dealkylation sites (tertiary alicyclic amines) is 1. The van der Waals surface area contributed by atoms with E-state index in [2.05, 4.69) is 10.6 Å². The van der Waals surface area contributed by atoms with Crippen molar-refractivity contribution in [1.29, 1.82) is 0 Å². The lowest BCUT2D eigenvalue weighted by atomic mass is 9.83. The molecular weight excluding hydrogens is 500 g/mol. The first-order chi connectivity index (χ1) is 17.8. The molecular formula is C28H44ClF2N3O3. The number of urea groups is 1. The molecule has 2 fully saturated rings. The van der Waals surface area contributed by atoms with Crippen molar-refractivity contribution >= 4 is 17.6 Å². The average molecular weight is 544 g/mol. The lowest BCUT2D eigenvalue weighted by molar-refractivity contribution is -0.0473. The van der Waals surface area contributed by atoms with E-state index in [1.165, 1.54) is 0 Å². The van der Waals surface area contributed by atoms with Crippen LogP contribution < -0.4 is 10.6 Å². The highest BCUT2D eigenvalue weighted by atomic mass is 35.5. The molecule has 1 unspecified atom stereocenters. The number of hydrogen-bond acceptors (Lipinski definition) is 4. The van der Waals surface area contributed by atoms with Crippen molar-refractivity contribution in [3.05, 3.63) is 34.9 Å². The van der Waals surface area contributed by atoms with Crippen LogP contribution in [0.15, 0.2) is 24.3 Å². The Morgan fingerprint density at radius 2 is 2.03 bits per heavy atom. The van der Waals surface area contributed by atoms with Crippen molar-refractivity contribution in [2.24, 2.45) is 11.8 Å². The SMILES string of the molecule is CCOCCCOC(c1cccc(Cl)c1)[C@@H]1CCCN(C(=O)N[C@H](CNC)CC2CCC(F)(F)CC2)C1. The highest BCUT2D eigenvalue weighted by Crippen LogP contribution is 2.38. The molecule has 9 heteroatoms. The van der Waals surface area contributed by atoms with Crippen LogP contribution in [0.2, 0.25) is 5.02 Å². The molecule has 6 nitrogen and oxygen atoms in total. The van der Waals surface area contributed by atoms with Crippen molar-refractivity contribution in [1.82, 2.24) is 15.5 Å². The number of hydrogen-bond donors (Lipinski definition) is 2. The molecule has 0 radical (unpaired) electrons. The van der Waals surface area contributed by atoms with Crippen LogP contribution in [0, 0.1) is 11.8 Å². The van der Waals surface area contributed by atoms with Crippen LogP contribution in [0.4, 0.5) is 13.6 Å². The zero-order chi connectivity index (χ0) is 26.7. The summed E-state index contributed by atoms with van der Waals surface area (Å²) in [5, 5.41) is 7.01. The largest absolute Gasteiger partial charge is 0.382 e. The number of rotatable bonds is 13. The molecule has 0 bridgehead atoms. The standard InChI is InChI=1S/C28H44ClF2N3O3/c1-3-36-15-6-16-37-26(22-7-4-9-24(29)18-22)23-8-5-14-34(20-23)27(35)33-25(19-32-2)17-21-10-12-28(30,31)13-11-21/h4,7,9,18,21,23,25-26,32H,3,5-6,8,10-17,19-20H2,1-2H3,(H,33,35)/t23-,25+,26?/m1/s1. The van der Waals surface area contributed by atoms with Gasteiger partial charge in [-0.05, 0) is 76.1 Å². The van der Waals surface area contributed by atoms with E-state index in [1.807, 2.05) is 43.1 Å². The monoisotopic (exact) mass is 543 g/mol. The normalized spacial score (nSPS) is 22.0. The number of nitrogens with zero attached hydrogens (tertiary/aromatic N) is 1. The topological polar surface area (TPSA) is 62.8 Å². The van der Waals surface area contributed by atoms with Gasteiger partial charge >= 0.3 is 6.03 Å². The van der Waals surface area contributed by atoms with Crippen LogP contribution in [-0.4, -0.2) is 69.4 Å². The predicted octanol–water partition coefficient (Wildman–Crippen LogP) is 6.05. The Bertz CT molecular complexity index is 822. The summed E-state index contributed by atoms with van der Waals surface area (Å²) in [4.78, 5) is 15.2. The van der Waals surface area contributed by atoms with Crippen LogP contribution in [0.5, 0.6) is 0 Å². The van der Waals surface area contributed by atoms with Gasteiger partial charge in [0.15, 0.2) is 0 Å². The molecule has 1 saturated heterocycles. The lowest BCUT2D eigenvalue weighted by Crippen LogP contribution is -2.52. The fraction of sp³-hybridized carbons (Fsp3) is 0.750. The molecule has 2 N–H and O–H groups in total.